The van der Waals surface area contributed by atoms with Gasteiger partial charge in [0.05, 0.1) is 39.9 Å². The first-order chi connectivity index (χ1) is 37.0. The Kier molecular flexibility index (Phi) is 57.8. The fraction of sp³-hybridized carbons (Fsp3) is 0.925. The maximum Gasteiger partial charge on any atom is 0.268 e. The highest BCUT2D eigenvalue weighted by Crippen LogP contribution is 2.38. The van der Waals surface area contributed by atoms with Crippen molar-refractivity contribution in [1.29, 1.82) is 0 Å². The second kappa shape index (κ2) is 58.6. The summed E-state index contributed by atoms with van der Waals surface area (Å²) in [6.45, 7) is 4.71. The summed E-state index contributed by atoms with van der Waals surface area (Å²) in [5.41, 5.74) is 0. The lowest BCUT2D eigenvalue weighted by molar-refractivity contribution is -0.870. The van der Waals surface area contributed by atoms with Gasteiger partial charge in [-0.3, -0.25) is 9.36 Å². The van der Waals surface area contributed by atoms with Gasteiger partial charge in [0.25, 0.3) is 7.82 Å². The first-order valence-corrected chi connectivity index (χ1v) is 35.2. The fourth-order valence-corrected chi connectivity index (χ4v) is 11.1. The molecule has 1 amide bonds. The van der Waals surface area contributed by atoms with Crippen LogP contribution in [0.15, 0.2) is 24.3 Å². The SMILES string of the molecule is CCCCCCCCCCCCCC/C=C\CCCCCCCCCCCCCCCCC(=O)NC(COP(=O)([O-])OCC[N+](C)(C)C)C(O)/C=C/CCCCCCCCCCCCCCCCCCCCCCCC. The zero-order valence-electron chi connectivity index (χ0n) is 51.7. The second-order valence-corrected chi connectivity index (χ2v) is 25.9. The number of carbonyl (C=O) groups excluding carboxylic acids is 1. The van der Waals surface area contributed by atoms with Crippen LogP contribution < -0.4 is 10.2 Å². The molecule has 0 saturated heterocycles. The molecule has 0 aromatic rings. The molecule has 0 aliphatic heterocycles. The normalized spacial score (nSPS) is 13.8. The molecule has 0 aromatic heterocycles. The molecule has 0 fully saturated rings. The van der Waals surface area contributed by atoms with Gasteiger partial charge in [-0.05, 0) is 44.9 Å². The van der Waals surface area contributed by atoms with Crippen molar-refractivity contribution in [3.63, 3.8) is 0 Å². The van der Waals surface area contributed by atoms with Crippen LogP contribution in [-0.2, 0) is 18.4 Å². The van der Waals surface area contributed by atoms with Gasteiger partial charge in [-0.1, -0.05) is 321 Å². The lowest BCUT2D eigenvalue weighted by atomic mass is 10.0. The molecule has 3 unspecified atom stereocenters. The highest BCUT2D eigenvalue weighted by atomic mass is 31.2. The molecule has 0 aliphatic rings. The minimum atomic E-state index is -4.60. The Hall–Kier alpha value is -1.02. The number of hydrogen-bond donors (Lipinski definition) is 2. The molecule has 9 heteroatoms. The van der Waals surface area contributed by atoms with E-state index in [0.717, 1.165) is 38.5 Å². The van der Waals surface area contributed by atoms with E-state index in [2.05, 4.69) is 31.3 Å². The van der Waals surface area contributed by atoms with E-state index in [0.29, 0.717) is 17.4 Å². The Morgan fingerprint density at radius 1 is 0.447 bits per heavy atom. The number of carbonyl (C=O) groups is 1. The number of nitrogens with zero attached hydrogens (tertiary/aromatic N) is 1. The van der Waals surface area contributed by atoms with Gasteiger partial charge < -0.3 is 28.8 Å². The van der Waals surface area contributed by atoms with Crippen LogP contribution in [0.25, 0.3) is 0 Å². The zero-order valence-corrected chi connectivity index (χ0v) is 52.6. The van der Waals surface area contributed by atoms with Crippen molar-refractivity contribution in [2.24, 2.45) is 0 Å². The number of quaternary nitrogens is 1. The Labute approximate surface area is 474 Å². The van der Waals surface area contributed by atoms with Gasteiger partial charge in [0.15, 0.2) is 0 Å². The minimum Gasteiger partial charge on any atom is -0.756 e. The number of aliphatic hydroxyl groups excluding tert-OH is 1. The number of nitrogens with one attached hydrogen (secondary N) is 1. The molecular formula is C67H133N2O6P. The van der Waals surface area contributed by atoms with Crippen molar-refractivity contribution < 1.29 is 32.9 Å². The summed E-state index contributed by atoms with van der Waals surface area (Å²) in [6.07, 6.45) is 75.7. The van der Waals surface area contributed by atoms with Crippen molar-refractivity contribution in [2.75, 3.05) is 40.9 Å². The van der Waals surface area contributed by atoms with Crippen molar-refractivity contribution >= 4 is 13.7 Å². The summed E-state index contributed by atoms with van der Waals surface area (Å²) >= 11 is 0. The molecule has 2 N–H and O–H groups in total. The minimum absolute atomic E-state index is 0.00142. The number of likely N-dealkylation sites (N-methyl/N-ethyl adjacent to an activating group) is 1. The molecule has 452 valence electrons. The number of phosphoric ester groups is 1. The fourth-order valence-electron chi connectivity index (χ4n) is 10.4. The van der Waals surface area contributed by atoms with E-state index >= 15 is 0 Å². The Morgan fingerprint density at radius 3 is 1.03 bits per heavy atom. The number of allylic oxidation sites excluding steroid dienone is 3. The van der Waals surface area contributed by atoms with Gasteiger partial charge in [-0.2, -0.15) is 0 Å². The molecule has 0 bridgehead atoms. The van der Waals surface area contributed by atoms with Crippen LogP contribution in [0.1, 0.15) is 348 Å². The number of phosphoric acid groups is 1. The number of amides is 1. The van der Waals surface area contributed by atoms with Gasteiger partial charge in [0.1, 0.15) is 13.2 Å². The topological polar surface area (TPSA) is 108 Å². The largest absolute Gasteiger partial charge is 0.756 e. The Bertz CT molecular complexity index is 1290. The second-order valence-electron chi connectivity index (χ2n) is 24.5. The van der Waals surface area contributed by atoms with Crippen LogP contribution in [0.5, 0.6) is 0 Å². The first kappa shape index (κ1) is 75.0. The maximum absolute atomic E-state index is 13.0. The molecule has 8 nitrogen and oxygen atoms in total. The van der Waals surface area contributed by atoms with E-state index in [1.54, 1.807) is 6.08 Å². The third-order valence-electron chi connectivity index (χ3n) is 15.7. The summed E-state index contributed by atoms with van der Waals surface area (Å²) < 4.78 is 23.4. The number of hydrogen-bond acceptors (Lipinski definition) is 6. The monoisotopic (exact) mass is 1090 g/mol. The van der Waals surface area contributed by atoms with Gasteiger partial charge in [0.2, 0.25) is 5.91 Å². The van der Waals surface area contributed by atoms with Crippen LogP contribution in [0, 0.1) is 0 Å². The predicted octanol–water partition coefficient (Wildman–Crippen LogP) is 20.5. The lowest BCUT2D eigenvalue weighted by Gasteiger charge is -2.29. The van der Waals surface area contributed by atoms with Crippen LogP contribution in [0.3, 0.4) is 0 Å². The number of rotatable bonds is 63. The van der Waals surface area contributed by atoms with E-state index in [-0.39, 0.29) is 19.1 Å². The van der Waals surface area contributed by atoms with Gasteiger partial charge in [-0.25, -0.2) is 0 Å². The van der Waals surface area contributed by atoms with E-state index in [1.165, 1.54) is 289 Å². The van der Waals surface area contributed by atoms with Crippen LogP contribution in [0.4, 0.5) is 0 Å². The van der Waals surface area contributed by atoms with Crippen LogP contribution >= 0.6 is 7.82 Å². The quantitative estimate of drug-likeness (QED) is 0.0272. The lowest BCUT2D eigenvalue weighted by Crippen LogP contribution is -2.45. The number of aliphatic hydroxyl groups is 1. The molecule has 3 atom stereocenters. The van der Waals surface area contributed by atoms with E-state index in [1.807, 2.05) is 27.2 Å². The summed E-state index contributed by atoms with van der Waals surface area (Å²) in [5.74, 6) is -0.190. The van der Waals surface area contributed by atoms with Gasteiger partial charge >= 0.3 is 0 Å². The third-order valence-corrected chi connectivity index (χ3v) is 16.6. The highest BCUT2D eigenvalue weighted by molar-refractivity contribution is 7.45. The van der Waals surface area contributed by atoms with Crippen molar-refractivity contribution in [1.82, 2.24) is 5.32 Å². The van der Waals surface area contributed by atoms with E-state index in [4.69, 9.17) is 9.05 Å². The Morgan fingerprint density at radius 2 is 0.724 bits per heavy atom. The summed E-state index contributed by atoms with van der Waals surface area (Å²) in [5, 5.41) is 14.0. The first-order valence-electron chi connectivity index (χ1n) is 33.7. The van der Waals surface area contributed by atoms with Gasteiger partial charge in [-0.15, -0.1) is 0 Å². The van der Waals surface area contributed by atoms with Crippen LogP contribution in [0.2, 0.25) is 0 Å². The average molecular weight is 1090 g/mol. The van der Waals surface area contributed by atoms with Crippen LogP contribution in [-0.4, -0.2) is 68.5 Å². The summed E-state index contributed by atoms with van der Waals surface area (Å²) in [7, 11) is 1.28. The molecular weight excluding hydrogens is 960 g/mol. The molecule has 0 aromatic carbocycles. The predicted molar refractivity (Wildman–Crippen MR) is 330 cm³/mol. The van der Waals surface area contributed by atoms with Gasteiger partial charge in [0, 0.05) is 6.42 Å². The number of unbranched alkanes of at least 4 members (excludes halogenated alkanes) is 48. The standard InChI is InChI=1S/C67H133N2O6P/c1-6-8-10-12-14-16-18-20-22-24-26-28-30-32-33-34-35-36-37-39-41-43-45-47-49-51-53-55-57-59-61-67(71)68-65(64-75-76(72,73)74-63-62-69(3,4)5)66(70)60-58-56-54-52-50-48-46-44-42-40-38-31-29-27-25-23-21-19-17-15-13-11-9-7-2/h32-33,58,60,65-66,70H,6-31,34-57,59,61-64H2,1-5H3,(H-,68,71,72,73)/b33-32-,60-58+. The average Bonchev–Trinajstić information content (AvgIpc) is 3.38. The van der Waals surface area contributed by atoms with Crippen molar-refractivity contribution in [3.8, 4) is 0 Å². The molecule has 76 heavy (non-hydrogen) atoms. The van der Waals surface area contributed by atoms with E-state index in [9.17, 15) is 19.4 Å². The van der Waals surface area contributed by atoms with E-state index < -0.39 is 20.0 Å². The Balaban J connectivity index is 4.07. The zero-order chi connectivity index (χ0) is 55.6. The molecule has 0 radical (unpaired) electrons. The maximum atomic E-state index is 13.0. The molecule has 0 aliphatic carbocycles. The summed E-state index contributed by atoms with van der Waals surface area (Å²) in [6, 6.07) is -0.886. The smallest absolute Gasteiger partial charge is 0.268 e. The molecule has 0 spiro atoms. The molecule has 0 saturated carbocycles. The summed E-state index contributed by atoms with van der Waals surface area (Å²) in [4.78, 5) is 25.6. The van der Waals surface area contributed by atoms with Crippen molar-refractivity contribution in [3.05, 3.63) is 24.3 Å². The molecule has 0 rings (SSSR count). The third kappa shape index (κ3) is 60.6. The molecule has 0 heterocycles. The van der Waals surface area contributed by atoms with Crippen molar-refractivity contribution in [2.45, 2.75) is 360 Å². The highest BCUT2D eigenvalue weighted by Gasteiger charge is 2.23.